The maximum absolute atomic E-state index is 10.9. The molecule has 0 bridgehead atoms. The van der Waals surface area contributed by atoms with Crippen molar-refractivity contribution in [2.45, 2.75) is 38.6 Å². The summed E-state index contributed by atoms with van der Waals surface area (Å²) in [6.07, 6.45) is 4.48. The van der Waals surface area contributed by atoms with Gasteiger partial charge in [-0.1, -0.05) is 12.8 Å². The van der Waals surface area contributed by atoms with Crippen LogP contribution >= 0.6 is 0 Å². The minimum Gasteiger partial charge on any atom is -0.478 e. The summed E-state index contributed by atoms with van der Waals surface area (Å²) in [6, 6.07) is 5.41. The number of nitrogens with one attached hydrogen (secondary N) is 1. The van der Waals surface area contributed by atoms with Crippen LogP contribution in [0.25, 0.3) is 0 Å². The molecule has 0 aliphatic heterocycles. The van der Waals surface area contributed by atoms with Gasteiger partial charge >= 0.3 is 5.97 Å². The second kappa shape index (κ2) is 6.06. The fraction of sp³-hybridized carbons (Fsp3) is 0.533. The van der Waals surface area contributed by atoms with E-state index in [0.29, 0.717) is 11.5 Å². The van der Waals surface area contributed by atoms with Crippen LogP contribution in [0.2, 0.25) is 0 Å². The van der Waals surface area contributed by atoms with Crippen molar-refractivity contribution in [2.75, 3.05) is 11.9 Å². The highest BCUT2D eigenvalue weighted by Crippen LogP contribution is 2.28. The van der Waals surface area contributed by atoms with Crippen LogP contribution in [0.1, 0.15) is 41.6 Å². The van der Waals surface area contributed by atoms with Crippen molar-refractivity contribution in [2.24, 2.45) is 5.92 Å². The molecule has 1 saturated carbocycles. The van der Waals surface area contributed by atoms with E-state index < -0.39 is 5.97 Å². The van der Waals surface area contributed by atoms with Gasteiger partial charge < -0.3 is 15.5 Å². The van der Waals surface area contributed by atoms with E-state index in [9.17, 15) is 9.90 Å². The van der Waals surface area contributed by atoms with Crippen LogP contribution < -0.4 is 5.32 Å². The molecule has 1 aliphatic carbocycles. The number of aliphatic hydroxyl groups is 1. The number of rotatable bonds is 4. The summed E-state index contributed by atoms with van der Waals surface area (Å²) in [5, 5.41) is 21.8. The number of carboxylic acids is 1. The average Bonchev–Trinajstić information content (AvgIpc) is 2.41. The molecule has 1 aliphatic rings. The molecular weight excluding hydrogens is 242 g/mol. The molecule has 3 N–H and O–H groups in total. The van der Waals surface area contributed by atoms with Crippen LogP contribution in [0.15, 0.2) is 18.2 Å². The molecule has 4 heteroatoms. The van der Waals surface area contributed by atoms with Crippen molar-refractivity contribution in [1.82, 2.24) is 0 Å². The van der Waals surface area contributed by atoms with Gasteiger partial charge in [0.2, 0.25) is 0 Å². The molecule has 0 saturated heterocycles. The summed E-state index contributed by atoms with van der Waals surface area (Å²) in [6.45, 7) is 2.12. The molecule has 0 heterocycles. The Kier molecular flexibility index (Phi) is 4.43. The lowest BCUT2D eigenvalue weighted by molar-refractivity contribution is 0.0697. The summed E-state index contributed by atoms with van der Waals surface area (Å²) in [4.78, 5) is 10.9. The molecule has 0 spiro atoms. The predicted octanol–water partition coefficient (Wildman–Crippen LogP) is 2.66. The van der Waals surface area contributed by atoms with Crippen LogP contribution in [0, 0.1) is 12.8 Å². The van der Waals surface area contributed by atoms with Gasteiger partial charge in [-0.25, -0.2) is 4.79 Å². The van der Waals surface area contributed by atoms with Crippen molar-refractivity contribution in [3.05, 3.63) is 29.3 Å². The number of aromatic carboxylic acids is 1. The normalized spacial score (nSPS) is 23.1. The smallest absolute Gasteiger partial charge is 0.335 e. The van der Waals surface area contributed by atoms with Gasteiger partial charge in [0.05, 0.1) is 5.56 Å². The monoisotopic (exact) mass is 263 g/mol. The lowest BCUT2D eigenvalue weighted by atomic mass is 9.85. The van der Waals surface area contributed by atoms with Crippen molar-refractivity contribution >= 4 is 11.7 Å². The highest BCUT2D eigenvalue weighted by Gasteiger charge is 2.24. The largest absolute Gasteiger partial charge is 0.478 e. The zero-order chi connectivity index (χ0) is 13.8. The second-order valence-electron chi connectivity index (χ2n) is 5.31. The zero-order valence-corrected chi connectivity index (χ0v) is 11.2. The number of aryl methyl sites for hydroxylation is 1. The van der Waals surface area contributed by atoms with E-state index in [-0.39, 0.29) is 12.6 Å². The minimum atomic E-state index is -0.902. The molecular formula is C15H21NO3. The van der Waals surface area contributed by atoms with E-state index in [2.05, 4.69) is 5.32 Å². The molecule has 2 rings (SSSR count). The first-order valence-corrected chi connectivity index (χ1v) is 6.83. The maximum Gasteiger partial charge on any atom is 0.335 e. The lowest BCUT2D eigenvalue weighted by Gasteiger charge is -2.32. The van der Waals surface area contributed by atoms with Gasteiger partial charge in [-0.15, -0.1) is 0 Å². The van der Waals surface area contributed by atoms with Crippen LogP contribution in [0.4, 0.5) is 5.69 Å². The predicted molar refractivity (Wildman–Crippen MR) is 74.6 cm³/mol. The van der Waals surface area contributed by atoms with Crippen molar-refractivity contribution < 1.29 is 15.0 Å². The van der Waals surface area contributed by atoms with Crippen molar-refractivity contribution in [3.63, 3.8) is 0 Å². The molecule has 0 aromatic heterocycles. The highest BCUT2D eigenvalue weighted by atomic mass is 16.4. The summed E-state index contributed by atoms with van der Waals surface area (Å²) >= 11 is 0. The summed E-state index contributed by atoms with van der Waals surface area (Å²) in [7, 11) is 0. The van der Waals surface area contributed by atoms with Gasteiger partial charge in [-0.2, -0.15) is 0 Å². The van der Waals surface area contributed by atoms with Crippen molar-refractivity contribution in [1.29, 1.82) is 0 Å². The number of carbonyl (C=O) groups is 1. The number of hydrogen-bond donors (Lipinski definition) is 3. The molecule has 0 radical (unpaired) electrons. The van der Waals surface area contributed by atoms with E-state index in [1.165, 1.54) is 12.8 Å². The Morgan fingerprint density at radius 2 is 2.11 bits per heavy atom. The molecule has 1 aromatic rings. The van der Waals surface area contributed by atoms with Crippen LogP contribution in [0.5, 0.6) is 0 Å². The number of anilines is 1. The van der Waals surface area contributed by atoms with E-state index in [1.54, 1.807) is 12.1 Å². The Morgan fingerprint density at radius 1 is 1.37 bits per heavy atom. The topological polar surface area (TPSA) is 69.6 Å². The summed E-state index contributed by atoms with van der Waals surface area (Å²) < 4.78 is 0. The van der Waals surface area contributed by atoms with Crippen molar-refractivity contribution in [3.8, 4) is 0 Å². The highest BCUT2D eigenvalue weighted by molar-refractivity contribution is 5.88. The molecule has 0 amide bonds. The van der Waals surface area contributed by atoms with Gasteiger partial charge in [-0.05, 0) is 43.5 Å². The Bertz CT molecular complexity index is 459. The molecule has 104 valence electrons. The first-order chi connectivity index (χ1) is 9.11. The fourth-order valence-corrected chi connectivity index (χ4v) is 2.77. The van der Waals surface area contributed by atoms with Crippen LogP contribution in [-0.2, 0) is 0 Å². The Hall–Kier alpha value is -1.55. The van der Waals surface area contributed by atoms with Gasteiger partial charge in [0.1, 0.15) is 0 Å². The first-order valence-electron chi connectivity index (χ1n) is 6.83. The Labute approximate surface area is 113 Å². The van der Waals surface area contributed by atoms with E-state index >= 15 is 0 Å². The standard InChI is InChI=1S/C15H21NO3/c1-10-8-11(15(18)19)6-7-13(10)16-14-5-3-2-4-12(14)9-17/h6-8,12,14,16-17H,2-5,9H2,1H3,(H,18,19). The third-order valence-electron chi connectivity index (χ3n) is 3.96. The quantitative estimate of drug-likeness (QED) is 0.781. The third-order valence-corrected chi connectivity index (χ3v) is 3.96. The van der Waals surface area contributed by atoms with Gasteiger partial charge in [0.15, 0.2) is 0 Å². The second-order valence-corrected chi connectivity index (χ2v) is 5.31. The molecule has 2 atom stereocenters. The number of aliphatic hydroxyl groups excluding tert-OH is 1. The van der Waals surface area contributed by atoms with E-state index in [0.717, 1.165) is 24.1 Å². The summed E-state index contributed by atoms with van der Waals surface area (Å²) in [5.74, 6) is -0.604. The van der Waals surface area contributed by atoms with Gasteiger partial charge in [0.25, 0.3) is 0 Å². The first kappa shape index (κ1) is 13.9. The SMILES string of the molecule is Cc1cc(C(=O)O)ccc1NC1CCCCC1CO. The van der Waals surface area contributed by atoms with Crippen LogP contribution in [-0.4, -0.2) is 28.8 Å². The van der Waals surface area contributed by atoms with E-state index in [1.807, 2.05) is 13.0 Å². The molecule has 1 aromatic carbocycles. The number of hydrogen-bond acceptors (Lipinski definition) is 3. The average molecular weight is 263 g/mol. The third kappa shape index (κ3) is 3.26. The fourth-order valence-electron chi connectivity index (χ4n) is 2.77. The lowest BCUT2D eigenvalue weighted by Crippen LogP contribution is -2.34. The number of carboxylic acid groups (broad SMARTS) is 1. The molecule has 4 nitrogen and oxygen atoms in total. The zero-order valence-electron chi connectivity index (χ0n) is 11.2. The number of benzene rings is 1. The minimum absolute atomic E-state index is 0.212. The van der Waals surface area contributed by atoms with Gasteiger partial charge in [0, 0.05) is 24.3 Å². The molecule has 2 unspecified atom stereocenters. The molecule has 19 heavy (non-hydrogen) atoms. The summed E-state index contributed by atoms with van der Waals surface area (Å²) in [5.41, 5.74) is 2.21. The molecule has 1 fully saturated rings. The van der Waals surface area contributed by atoms with Gasteiger partial charge in [-0.3, -0.25) is 0 Å². The Balaban J connectivity index is 2.11. The van der Waals surface area contributed by atoms with E-state index in [4.69, 9.17) is 5.11 Å². The van der Waals surface area contributed by atoms with Crippen LogP contribution in [0.3, 0.4) is 0 Å². The maximum atomic E-state index is 10.9. The Morgan fingerprint density at radius 3 is 2.74 bits per heavy atom.